The van der Waals surface area contributed by atoms with Gasteiger partial charge in [0.25, 0.3) is 5.91 Å². The van der Waals surface area contributed by atoms with Gasteiger partial charge in [-0.3, -0.25) is 9.78 Å². The van der Waals surface area contributed by atoms with Crippen molar-refractivity contribution in [3.63, 3.8) is 0 Å². The number of fused-ring (bicyclic) bond motifs is 1. The highest BCUT2D eigenvalue weighted by molar-refractivity contribution is 5.94. The number of rotatable bonds is 10. The maximum atomic E-state index is 12.6. The van der Waals surface area contributed by atoms with Crippen molar-refractivity contribution in [3.8, 4) is 11.5 Å². The topological polar surface area (TPSA) is 78.3 Å². The minimum atomic E-state index is -0.249. The van der Waals surface area contributed by atoms with E-state index in [-0.39, 0.29) is 11.9 Å². The molecule has 0 radical (unpaired) electrons. The first-order chi connectivity index (χ1) is 16.2. The summed E-state index contributed by atoms with van der Waals surface area (Å²) >= 11 is 0. The number of benzene rings is 2. The Bertz CT molecular complexity index is 1190. The monoisotopic (exact) mass is 444 g/mol. The Morgan fingerprint density at radius 1 is 1.03 bits per heavy atom. The van der Waals surface area contributed by atoms with Gasteiger partial charge in [0.1, 0.15) is 17.3 Å². The Morgan fingerprint density at radius 3 is 2.58 bits per heavy atom. The Hall–Kier alpha value is -3.87. The molecule has 0 spiro atoms. The maximum Gasteiger partial charge on any atom is 0.253 e. The van der Waals surface area contributed by atoms with E-state index in [0.29, 0.717) is 12.2 Å². The van der Waals surface area contributed by atoms with Gasteiger partial charge >= 0.3 is 0 Å². The van der Waals surface area contributed by atoms with E-state index in [2.05, 4.69) is 20.9 Å². The summed E-state index contributed by atoms with van der Waals surface area (Å²) in [5.74, 6) is 2.31. The van der Waals surface area contributed by atoms with Crippen LogP contribution in [0.25, 0.3) is 11.0 Å². The average Bonchev–Trinajstić information content (AvgIpc) is 3.23. The molecule has 0 saturated heterocycles. The van der Waals surface area contributed by atoms with E-state index in [1.165, 1.54) is 0 Å². The summed E-state index contributed by atoms with van der Waals surface area (Å²) in [6.07, 6.45) is 5.03. The third-order valence-electron chi connectivity index (χ3n) is 5.45. The van der Waals surface area contributed by atoms with Gasteiger partial charge in [0.15, 0.2) is 0 Å². The molecular weight excluding hydrogens is 416 g/mol. The second-order valence-electron chi connectivity index (χ2n) is 7.78. The fourth-order valence-electron chi connectivity index (χ4n) is 3.74. The second kappa shape index (κ2) is 10.6. The van der Waals surface area contributed by atoms with Gasteiger partial charge in [0, 0.05) is 18.9 Å². The fraction of sp³-hybridized carbons (Fsp3) is 0.269. The lowest BCUT2D eigenvalue weighted by atomic mass is 10.2. The summed E-state index contributed by atoms with van der Waals surface area (Å²) in [4.78, 5) is 21.5. The predicted octanol–water partition coefficient (Wildman–Crippen LogP) is 4.79. The van der Waals surface area contributed by atoms with Gasteiger partial charge in [-0.2, -0.15) is 0 Å². The summed E-state index contributed by atoms with van der Waals surface area (Å²) < 4.78 is 13.2. The van der Waals surface area contributed by atoms with Crippen molar-refractivity contribution in [1.29, 1.82) is 0 Å². The van der Waals surface area contributed by atoms with Gasteiger partial charge in [0.05, 0.1) is 36.4 Å². The molecule has 2 aromatic heterocycles. The number of amides is 1. The number of hydrogen-bond acceptors (Lipinski definition) is 5. The Balaban J connectivity index is 1.39. The molecule has 0 fully saturated rings. The number of imidazole rings is 1. The third kappa shape index (κ3) is 5.49. The minimum absolute atomic E-state index is 0.165. The lowest BCUT2D eigenvalue weighted by Gasteiger charge is -2.16. The highest BCUT2D eigenvalue weighted by Gasteiger charge is 2.19. The molecule has 0 saturated carbocycles. The van der Waals surface area contributed by atoms with Gasteiger partial charge in [-0.1, -0.05) is 12.1 Å². The molecule has 1 amide bonds. The zero-order valence-electron chi connectivity index (χ0n) is 18.9. The number of pyridine rings is 1. The molecule has 1 unspecified atom stereocenters. The van der Waals surface area contributed by atoms with Crippen molar-refractivity contribution in [3.05, 3.63) is 84.4 Å². The summed E-state index contributed by atoms with van der Waals surface area (Å²) in [6, 6.07) is 18.9. The highest BCUT2D eigenvalue weighted by atomic mass is 16.5. The first kappa shape index (κ1) is 22.3. The SMILES string of the molecule is COc1ccc(OCCCCn2c(C(C)NC(=O)c3cccnc3)nc3ccccc32)cc1. The normalized spacial score (nSPS) is 11.8. The lowest BCUT2D eigenvalue weighted by Crippen LogP contribution is -2.28. The number of nitrogens with zero attached hydrogens (tertiary/aromatic N) is 3. The van der Waals surface area contributed by atoms with Crippen LogP contribution in [0.3, 0.4) is 0 Å². The molecule has 0 bridgehead atoms. The van der Waals surface area contributed by atoms with Crippen LogP contribution in [-0.4, -0.2) is 34.2 Å². The summed E-state index contributed by atoms with van der Waals surface area (Å²) in [7, 11) is 1.65. The molecular formula is C26H28N4O3. The number of methoxy groups -OCH3 is 1. The van der Waals surface area contributed by atoms with Crippen LogP contribution in [-0.2, 0) is 6.54 Å². The number of ether oxygens (including phenoxy) is 2. The number of carbonyl (C=O) groups is 1. The molecule has 33 heavy (non-hydrogen) atoms. The molecule has 0 aliphatic rings. The molecule has 2 heterocycles. The van der Waals surface area contributed by atoms with Gasteiger partial charge in [-0.05, 0) is 68.3 Å². The van der Waals surface area contributed by atoms with E-state index in [1.807, 2.05) is 49.4 Å². The molecule has 1 N–H and O–H groups in total. The zero-order valence-corrected chi connectivity index (χ0v) is 18.9. The molecule has 1 atom stereocenters. The van der Waals surface area contributed by atoms with Crippen LogP contribution in [0, 0.1) is 0 Å². The standard InChI is InChI=1S/C26H28N4O3/c1-19(28-26(31)20-8-7-15-27-18-20)25-29-23-9-3-4-10-24(23)30(25)16-5-6-17-33-22-13-11-21(32-2)12-14-22/h3-4,7-15,18-19H,5-6,16-17H2,1-2H3,(H,28,31). The van der Waals surface area contributed by atoms with E-state index in [4.69, 9.17) is 14.5 Å². The molecule has 0 aliphatic carbocycles. The van der Waals surface area contributed by atoms with Crippen LogP contribution in [0.1, 0.15) is 42.0 Å². The van der Waals surface area contributed by atoms with Crippen LogP contribution in [0.4, 0.5) is 0 Å². The number of aromatic nitrogens is 3. The molecule has 2 aromatic carbocycles. The smallest absolute Gasteiger partial charge is 0.253 e. The van der Waals surface area contributed by atoms with Crippen LogP contribution >= 0.6 is 0 Å². The van der Waals surface area contributed by atoms with Crippen molar-refractivity contribution in [2.45, 2.75) is 32.4 Å². The van der Waals surface area contributed by atoms with Crippen LogP contribution in [0.15, 0.2) is 73.1 Å². The number of carbonyl (C=O) groups excluding carboxylic acids is 1. The maximum absolute atomic E-state index is 12.6. The van der Waals surface area contributed by atoms with Crippen molar-refractivity contribution >= 4 is 16.9 Å². The summed E-state index contributed by atoms with van der Waals surface area (Å²) in [5, 5.41) is 3.05. The van der Waals surface area contributed by atoms with Crippen LogP contribution in [0.2, 0.25) is 0 Å². The summed E-state index contributed by atoms with van der Waals surface area (Å²) in [6.45, 7) is 3.37. The molecule has 170 valence electrons. The first-order valence-corrected chi connectivity index (χ1v) is 11.1. The summed E-state index contributed by atoms with van der Waals surface area (Å²) in [5.41, 5.74) is 2.51. The largest absolute Gasteiger partial charge is 0.497 e. The Labute approximate surface area is 193 Å². The van der Waals surface area contributed by atoms with Crippen molar-refractivity contribution < 1.29 is 14.3 Å². The van der Waals surface area contributed by atoms with E-state index in [9.17, 15) is 4.79 Å². The van der Waals surface area contributed by atoms with E-state index >= 15 is 0 Å². The second-order valence-corrected chi connectivity index (χ2v) is 7.78. The Kier molecular flexibility index (Phi) is 7.19. The van der Waals surface area contributed by atoms with Crippen LogP contribution in [0.5, 0.6) is 11.5 Å². The highest BCUT2D eigenvalue weighted by Crippen LogP contribution is 2.22. The average molecular weight is 445 g/mol. The minimum Gasteiger partial charge on any atom is -0.497 e. The van der Waals surface area contributed by atoms with E-state index in [1.54, 1.807) is 31.6 Å². The number of aryl methyl sites for hydroxylation is 1. The van der Waals surface area contributed by atoms with Gasteiger partial charge in [-0.25, -0.2) is 4.98 Å². The van der Waals surface area contributed by atoms with Crippen molar-refractivity contribution in [2.75, 3.05) is 13.7 Å². The van der Waals surface area contributed by atoms with Crippen molar-refractivity contribution in [2.24, 2.45) is 0 Å². The number of nitrogens with one attached hydrogen (secondary N) is 1. The van der Waals surface area contributed by atoms with E-state index < -0.39 is 0 Å². The van der Waals surface area contributed by atoms with E-state index in [0.717, 1.165) is 47.7 Å². The van der Waals surface area contributed by atoms with Crippen molar-refractivity contribution in [1.82, 2.24) is 19.9 Å². The van der Waals surface area contributed by atoms with Gasteiger partial charge < -0.3 is 19.4 Å². The number of hydrogen-bond donors (Lipinski definition) is 1. The molecule has 7 nitrogen and oxygen atoms in total. The number of para-hydroxylation sites is 2. The zero-order chi connectivity index (χ0) is 23.0. The van der Waals surface area contributed by atoms with Crippen LogP contribution < -0.4 is 14.8 Å². The molecule has 0 aliphatic heterocycles. The quantitative estimate of drug-likeness (QED) is 0.356. The third-order valence-corrected chi connectivity index (χ3v) is 5.45. The molecule has 4 rings (SSSR count). The predicted molar refractivity (Wildman–Crippen MR) is 128 cm³/mol. The number of unbranched alkanes of at least 4 members (excludes halogenated alkanes) is 1. The van der Waals surface area contributed by atoms with Gasteiger partial charge in [-0.15, -0.1) is 0 Å². The fourth-order valence-corrected chi connectivity index (χ4v) is 3.74. The first-order valence-electron chi connectivity index (χ1n) is 11.1. The molecule has 7 heteroatoms. The van der Waals surface area contributed by atoms with Gasteiger partial charge in [0.2, 0.25) is 0 Å². The Morgan fingerprint density at radius 2 is 1.82 bits per heavy atom. The lowest BCUT2D eigenvalue weighted by molar-refractivity contribution is 0.0937. The molecule has 4 aromatic rings.